The Labute approximate surface area is 118 Å². The number of aryl methyl sites for hydroxylation is 1. The zero-order chi connectivity index (χ0) is 13.0. The molecule has 3 heteroatoms. The summed E-state index contributed by atoms with van der Waals surface area (Å²) in [5.41, 5.74) is 10.1. The molecule has 2 nitrogen and oxygen atoms in total. The summed E-state index contributed by atoms with van der Waals surface area (Å²) in [4.78, 5) is 0. The number of hydrogen-bond acceptors (Lipinski definition) is 2. The number of fused-ring (bicyclic) bond motifs is 1. The summed E-state index contributed by atoms with van der Waals surface area (Å²) in [6.07, 6.45) is 8.40. The van der Waals surface area contributed by atoms with E-state index in [9.17, 15) is 0 Å². The number of benzene rings is 1. The van der Waals surface area contributed by atoms with Gasteiger partial charge in [0, 0.05) is 0 Å². The van der Waals surface area contributed by atoms with E-state index in [2.05, 4.69) is 22.0 Å². The minimum absolute atomic E-state index is 0.741. The van der Waals surface area contributed by atoms with Crippen LogP contribution in [0.25, 0.3) is 0 Å². The Kier molecular flexibility index (Phi) is 5.07. The van der Waals surface area contributed by atoms with Gasteiger partial charge < -0.3 is 10.5 Å². The third-order valence-electron chi connectivity index (χ3n) is 3.75. The van der Waals surface area contributed by atoms with Gasteiger partial charge in [0.2, 0.25) is 0 Å². The van der Waals surface area contributed by atoms with Crippen molar-refractivity contribution < 1.29 is 4.74 Å². The minimum atomic E-state index is 0.741. The van der Waals surface area contributed by atoms with Gasteiger partial charge in [0.15, 0.2) is 0 Å². The van der Waals surface area contributed by atoms with Crippen molar-refractivity contribution in [3.05, 3.63) is 27.2 Å². The van der Waals surface area contributed by atoms with Crippen LogP contribution in [-0.2, 0) is 19.3 Å². The number of hydrogen-bond donors (Lipinski definition) is 1. The van der Waals surface area contributed by atoms with Gasteiger partial charge in [-0.25, -0.2) is 0 Å². The zero-order valence-electron chi connectivity index (χ0n) is 11.1. The monoisotopic (exact) mass is 311 g/mol. The van der Waals surface area contributed by atoms with E-state index in [-0.39, 0.29) is 0 Å². The predicted octanol–water partition coefficient (Wildman–Crippen LogP) is 3.62. The van der Waals surface area contributed by atoms with Crippen LogP contribution in [0, 0.1) is 0 Å². The van der Waals surface area contributed by atoms with E-state index in [0.29, 0.717) is 0 Å². The standard InChI is InChI=1S/C15H22BrNO/c1-18-15-13(8-5-9-17)12-7-4-2-3-6-11(12)10-14(15)16/h10H,2-9,17H2,1H3. The van der Waals surface area contributed by atoms with Gasteiger partial charge in [-0.1, -0.05) is 6.42 Å². The summed E-state index contributed by atoms with van der Waals surface area (Å²) in [6, 6.07) is 2.26. The summed E-state index contributed by atoms with van der Waals surface area (Å²) in [5, 5.41) is 0. The third kappa shape index (κ3) is 2.89. The number of halogens is 1. The maximum atomic E-state index is 5.66. The van der Waals surface area contributed by atoms with Gasteiger partial charge in [0.05, 0.1) is 11.6 Å². The number of nitrogens with two attached hydrogens (primary N) is 1. The molecule has 100 valence electrons. The molecule has 0 fully saturated rings. The zero-order valence-corrected chi connectivity index (χ0v) is 12.7. The highest BCUT2D eigenvalue weighted by Gasteiger charge is 2.18. The van der Waals surface area contributed by atoms with E-state index in [1.807, 2.05) is 0 Å². The van der Waals surface area contributed by atoms with E-state index < -0.39 is 0 Å². The topological polar surface area (TPSA) is 35.2 Å². The second kappa shape index (κ2) is 6.58. The Morgan fingerprint density at radius 1 is 1.28 bits per heavy atom. The molecule has 0 aromatic heterocycles. The molecule has 1 aliphatic carbocycles. The molecule has 0 aliphatic heterocycles. The number of ether oxygens (including phenoxy) is 1. The van der Waals surface area contributed by atoms with Gasteiger partial charge in [0.1, 0.15) is 5.75 Å². The minimum Gasteiger partial charge on any atom is -0.495 e. The molecule has 0 saturated carbocycles. The Morgan fingerprint density at radius 2 is 2.06 bits per heavy atom. The van der Waals surface area contributed by atoms with Crippen molar-refractivity contribution in [2.45, 2.75) is 44.9 Å². The van der Waals surface area contributed by atoms with Crippen LogP contribution < -0.4 is 10.5 Å². The van der Waals surface area contributed by atoms with Crippen LogP contribution in [0.3, 0.4) is 0 Å². The van der Waals surface area contributed by atoms with Gasteiger partial charge in [-0.2, -0.15) is 0 Å². The van der Waals surface area contributed by atoms with Crippen LogP contribution in [0.2, 0.25) is 0 Å². The van der Waals surface area contributed by atoms with Gasteiger partial charge in [-0.3, -0.25) is 0 Å². The SMILES string of the molecule is COc1c(Br)cc2c(c1CCCN)CCCCC2. The second-order valence-corrected chi connectivity index (χ2v) is 5.82. The molecular formula is C15H22BrNO. The van der Waals surface area contributed by atoms with Crippen molar-refractivity contribution in [3.63, 3.8) is 0 Å². The maximum Gasteiger partial charge on any atom is 0.136 e. The quantitative estimate of drug-likeness (QED) is 0.862. The fourth-order valence-electron chi connectivity index (χ4n) is 2.87. The molecule has 0 radical (unpaired) electrons. The largest absolute Gasteiger partial charge is 0.495 e. The van der Waals surface area contributed by atoms with Crippen molar-refractivity contribution in [1.29, 1.82) is 0 Å². The Morgan fingerprint density at radius 3 is 2.78 bits per heavy atom. The highest BCUT2D eigenvalue weighted by molar-refractivity contribution is 9.10. The first kappa shape index (κ1) is 13.9. The van der Waals surface area contributed by atoms with Crippen LogP contribution in [0.4, 0.5) is 0 Å². The van der Waals surface area contributed by atoms with Gasteiger partial charge >= 0.3 is 0 Å². The van der Waals surface area contributed by atoms with Crippen molar-refractivity contribution in [3.8, 4) is 5.75 Å². The fraction of sp³-hybridized carbons (Fsp3) is 0.600. The Balaban J connectivity index is 2.46. The van der Waals surface area contributed by atoms with Crippen LogP contribution >= 0.6 is 15.9 Å². The maximum absolute atomic E-state index is 5.66. The van der Waals surface area contributed by atoms with Crippen molar-refractivity contribution in [2.24, 2.45) is 5.73 Å². The van der Waals surface area contributed by atoms with Crippen molar-refractivity contribution >= 4 is 15.9 Å². The van der Waals surface area contributed by atoms with E-state index in [4.69, 9.17) is 10.5 Å². The molecule has 0 atom stereocenters. The Bertz CT molecular complexity index is 417. The first-order valence-electron chi connectivity index (χ1n) is 6.85. The molecule has 2 N–H and O–H groups in total. The lowest BCUT2D eigenvalue weighted by Gasteiger charge is -2.18. The van der Waals surface area contributed by atoms with E-state index in [0.717, 1.165) is 29.6 Å². The molecule has 1 aromatic rings. The molecule has 0 heterocycles. The van der Waals surface area contributed by atoms with Gasteiger partial charge in [0.25, 0.3) is 0 Å². The molecule has 0 unspecified atom stereocenters. The van der Waals surface area contributed by atoms with E-state index in [1.165, 1.54) is 48.8 Å². The summed E-state index contributed by atoms with van der Waals surface area (Å²) in [7, 11) is 1.76. The fourth-order valence-corrected chi connectivity index (χ4v) is 3.55. The number of rotatable bonds is 4. The average Bonchev–Trinajstić information content (AvgIpc) is 2.60. The average molecular weight is 312 g/mol. The molecule has 2 rings (SSSR count). The van der Waals surface area contributed by atoms with Crippen molar-refractivity contribution in [2.75, 3.05) is 13.7 Å². The summed E-state index contributed by atoms with van der Waals surface area (Å²) >= 11 is 3.65. The summed E-state index contributed by atoms with van der Waals surface area (Å²) in [6.45, 7) is 0.741. The second-order valence-electron chi connectivity index (χ2n) is 4.96. The smallest absolute Gasteiger partial charge is 0.136 e. The summed E-state index contributed by atoms with van der Waals surface area (Å²) in [5.74, 6) is 1.02. The first-order valence-corrected chi connectivity index (χ1v) is 7.64. The van der Waals surface area contributed by atoms with Crippen molar-refractivity contribution in [1.82, 2.24) is 0 Å². The van der Waals surface area contributed by atoms with Crippen LogP contribution in [0.1, 0.15) is 42.4 Å². The van der Waals surface area contributed by atoms with Crippen LogP contribution in [0.15, 0.2) is 10.5 Å². The third-order valence-corrected chi connectivity index (χ3v) is 4.34. The number of methoxy groups -OCH3 is 1. The predicted molar refractivity (Wildman–Crippen MR) is 79.3 cm³/mol. The lowest BCUT2D eigenvalue weighted by Crippen LogP contribution is -2.06. The molecule has 0 bridgehead atoms. The normalized spacial score (nSPS) is 15.1. The highest BCUT2D eigenvalue weighted by atomic mass is 79.9. The molecule has 1 aliphatic rings. The molecule has 18 heavy (non-hydrogen) atoms. The van der Waals surface area contributed by atoms with E-state index >= 15 is 0 Å². The lowest BCUT2D eigenvalue weighted by atomic mass is 9.93. The molecule has 0 amide bonds. The molecule has 1 aromatic carbocycles. The highest BCUT2D eigenvalue weighted by Crippen LogP contribution is 2.37. The molecule has 0 saturated heterocycles. The van der Waals surface area contributed by atoms with E-state index in [1.54, 1.807) is 7.11 Å². The van der Waals surface area contributed by atoms with Gasteiger partial charge in [-0.15, -0.1) is 0 Å². The molecule has 0 spiro atoms. The summed E-state index contributed by atoms with van der Waals surface area (Å²) < 4.78 is 6.69. The van der Waals surface area contributed by atoms with Gasteiger partial charge in [-0.05, 0) is 83.8 Å². The molecular weight excluding hydrogens is 290 g/mol. The first-order chi connectivity index (χ1) is 8.77. The van der Waals surface area contributed by atoms with Crippen LogP contribution in [-0.4, -0.2) is 13.7 Å². The Hall–Kier alpha value is -0.540. The van der Waals surface area contributed by atoms with Crippen LogP contribution in [0.5, 0.6) is 5.75 Å². The lowest BCUT2D eigenvalue weighted by molar-refractivity contribution is 0.405.